The molecule has 0 atom stereocenters. The van der Waals surface area contributed by atoms with Gasteiger partial charge in [0.2, 0.25) is 5.91 Å². The van der Waals surface area contributed by atoms with Crippen LogP contribution in [-0.2, 0) is 4.79 Å². The monoisotopic (exact) mass is 359 g/mol. The second kappa shape index (κ2) is 8.12. The average molecular weight is 360 g/mol. The average Bonchev–Trinajstić information content (AvgIpc) is 3.14. The van der Waals surface area contributed by atoms with Gasteiger partial charge in [0, 0.05) is 29.9 Å². The maximum Gasteiger partial charge on any atom is 0.243 e. The van der Waals surface area contributed by atoms with Crippen molar-refractivity contribution in [3.8, 4) is 5.75 Å². The van der Waals surface area contributed by atoms with Crippen LogP contribution in [0.15, 0.2) is 42.5 Å². The van der Waals surface area contributed by atoms with Gasteiger partial charge in [-0.25, -0.2) is 0 Å². The molecule has 1 aliphatic rings. The summed E-state index contributed by atoms with van der Waals surface area (Å²) in [5.74, 6) is 0.581. The highest BCUT2D eigenvalue weighted by molar-refractivity contribution is 6.31. The van der Waals surface area contributed by atoms with Gasteiger partial charge >= 0.3 is 0 Å². The number of methoxy groups -OCH3 is 1. The van der Waals surface area contributed by atoms with E-state index in [-0.39, 0.29) is 12.5 Å². The van der Waals surface area contributed by atoms with Crippen LogP contribution in [0.2, 0.25) is 5.02 Å². The molecule has 5 nitrogen and oxygen atoms in total. The summed E-state index contributed by atoms with van der Waals surface area (Å²) in [5.41, 5.74) is 2.68. The summed E-state index contributed by atoms with van der Waals surface area (Å²) in [4.78, 5) is 14.6. The van der Waals surface area contributed by atoms with Crippen molar-refractivity contribution in [2.45, 2.75) is 12.8 Å². The number of carbonyl (C=O) groups is 1. The number of rotatable bonds is 6. The number of carbonyl (C=O) groups excluding carboxylic acids is 1. The second-order valence-corrected chi connectivity index (χ2v) is 6.43. The SMILES string of the molecule is COc1cccc(NC(=O)CNc2cc(Cl)ccc2N2CCCC2)c1. The summed E-state index contributed by atoms with van der Waals surface area (Å²) in [6.07, 6.45) is 2.39. The highest BCUT2D eigenvalue weighted by atomic mass is 35.5. The van der Waals surface area contributed by atoms with Crippen molar-refractivity contribution in [3.63, 3.8) is 0 Å². The van der Waals surface area contributed by atoms with E-state index in [9.17, 15) is 4.79 Å². The molecule has 0 saturated carbocycles. The lowest BCUT2D eigenvalue weighted by Gasteiger charge is -2.22. The van der Waals surface area contributed by atoms with Crippen LogP contribution in [0.5, 0.6) is 5.75 Å². The zero-order valence-corrected chi connectivity index (χ0v) is 15.0. The summed E-state index contributed by atoms with van der Waals surface area (Å²) in [7, 11) is 1.60. The van der Waals surface area contributed by atoms with Crippen LogP contribution in [0, 0.1) is 0 Å². The van der Waals surface area contributed by atoms with Crippen molar-refractivity contribution >= 4 is 34.6 Å². The van der Waals surface area contributed by atoms with E-state index in [4.69, 9.17) is 16.3 Å². The molecule has 25 heavy (non-hydrogen) atoms. The van der Waals surface area contributed by atoms with Crippen LogP contribution in [0.25, 0.3) is 0 Å². The topological polar surface area (TPSA) is 53.6 Å². The molecule has 3 rings (SSSR count). The van der Waals surface area contributed by atoms with Gasteiger partial charge in [-0.1, -0.05) is 17.7 Å². The quantitative estimate of drug-likeness (QED) is 0.818. The van der Waals surface area contributed by atoms with Crippen molar-refractivity contribution in [3.05, 3.63) is 47.5 Å². The highest BCUT2D eigenvalue weighted by Crippen LogP contribution is 2.31. The molecule has 1 saturated heterocycles. The second-order valence-electron chi connectivity index (χ2n) is 5.99. The molecule has 1 fully saturated rings. The molecule has 2 aromatic rings. The van der Waals surface area contributed by atoms with Gasteiger partial charge in [0.25, 0.3) is 0 Å². The predicted octanol–water partition coefficient (Wildman–Crippen LogP) is 4.00. The molecule has 0 spiro atoms. The molecule has 6 heteroatoms. The van der Waals surface area contributed by atoms with Crippen molar-refractivity contribution in [2.75, 3.05) is 42.3 Å². The molecule has 2 N–H and O–H groups in total. The number of hydrogen-bond donors (Lipinski definition) is 2. The number of nitrogens with one attached hydrogen (secondary N) is 2. The highest BCUT2D eigenvalue weighted by Gasteiger charge is 2.16. The van der Waals surface area contributed by atoms with Gasteiger partial charge in [0.05, 0.1) is 25.0 Å². The minimum atomic E-state index is -0.124. The fraction of sp³-hybridized carbons (Fsp3) is 0.316. The number of hydrogen-bond acceptors (Lipinski definition) is 4. The van der Waals surface area contributed by atoms with E-state index in [2.05, 4.69) is 15.5 Å². The molecular weight excluding hydrogens is 338 g/mol. The maximum atomic E-state index is 12.2. The molecule has 1 heterocycles. The lowest BCUT2D eigenvalue weighted by molar-refractivity contribution is -0.114. The largest absolute Gasteiger partial charge is 0.497 e. The van der Waals surface area contributed by atoms with Gasteiger partial charge in [-0.2, -0.15) is 0 Å². The predicted molar refractivity (Wildman–Crippen MR) is 103 cm³/mol. The Hall–Kier alpha value is -2.40. The number of amides is 1. The van der Waals surface area contributed by atoms with E-state index < -0.39 is 0 Å². The molecular formula is C19H22ClN3O2. The van der Waals surface area contributed by atoms with Crippen molar-refractivity contribution in [2.24, 2.45) is 0 Å². The van der Waals surface area contributed by atoms with Gasteiger partial charge < -0.3 is 20.3 Å². The van der Waals surface area contributed by atoms with Crippen molar-refractivity contribution in [1.29, 1.82) is 0 Å². The van der Waals surface area contributed by atoms with Crippen molar-refractivity contribution < 1.29 is 9.53 Å². The Labute approximate surface area is 152 Å². The molecule has 1 amide bonds. The van der Waals surface area contributed by atoms with E-state index in [0.717, 1.165) is 24.5 Å². The first-order valence-electron chi connectivity index (χ1n) is 8.38. The normalized spacial score (nSPS) is 13.6. The van der Waals surface area contributed by atoms with E-state index in [0.29, 0.717) is 16.5 Å². The lowest BCUT2D eigenvalue weighted by Crippen LogP contribution is -2.24. The Kier molecular flexibility index (Phi) is 5.66. The Morgan fingerprint density at radius 1 is 1.20 bits per heavy atom. The minimum absolute atomic E-state index is 0.124. The van der Waals surface area contributed by atoms with Crippen LogP contribution in [-0.4, -0.2) is 32.7 Å². The number of anilines is 3. The summed E-state index contributed by atoms with van der Waals surface area (Å²) < 4.78 is 5.16. The Morgan fingerprint density at radius 3 is 2.76 bits per heavy atom. The van der Waals surface area contributed by atoms with Gasteiger partial charge in [-0.15, -0.1) is 0 Å². The molecule has 0 bridgehead atoms. The van der Waals surface area contributed by atoms with Crippen LogP contribution in [0.3, 0.4) is 0 Å². The van der Waals surface area contributed by atoms with Crippen molar-refractivity contribution in [1.82, 2.24) is 0 Å². The fourth-order valence-corrected chi connectivity index (χ4v) is 3.14. The molecule has 1 aliphatic heterocycles. The van der Waals surface area contributed by atoms with Crippen LogP contribution < -0.4 is 20.3 Å². The van der Waals surface area contributed by atoms with Crippen LogP contribution in [0.4, 0.5) is 17.1 Å². The number of benzene rings is 2. The molecule has 132 valence electrons. The number of halogens is 1. The van der Waals surface area contributed by atoms with Crippen LogP contribution >= 0.6 is 11.6 Å². The summed E-state index contributed by atoms with van der Waals surface area (Å²) in [6, 6.07) is 13.1. The third-order valence-corrected chi connectivity index (χ3v) is 4.43. The Morgan fingerprint density at radius 2 is 2.00 bits per heavy atom. The number of ether oxygens (including phenoxy) is 1. The van der Waals surface area contributed by atoms with Gasteiger partial charge in [-0.05, 0) is 43.2 Å². The lowest BCUT2D eigenvalue weighted by atomic mass is 10.2. The van der Waals surface area contributed by atoms with Gasteiger partial charge in [-0.3, -0.25) is 4.79 Å². The first kappa shape index (κ1) is 17.4. The Balaban J connectivity index is 1.64. The van der Waals surface area contributed by atoms with Crippen LogP contribution in [0.1, 0.15) is 12.8 Å². The first-order chi connectivity index (χ1) is 12.2. The smallest absolute Gasteiger partial charge is 0.243 e. The van der Waals surface area contributed by atoms with E-state index >= 15 is 0 Å². The Bertz CT molecular complexity index is 745. The first-order valence-corrected chi connectivity index (χ1v) is 8.76. The zero-order valence-electron chi connectivity index (χ0n) is 14.2. The van der Waals surface area contributed by atoms with Gasteiger partial charge in [0.1, 0.15) is 5.75 Å². The molecule has 0 aliphatic carbocycles. The summed E-state index contributed by atoms with van der Waals surface area (Å²) in [6.45, 7) is 2.23. The van der Waals surface area contributed by atoms with E-state index in [1.165, 1.54) is 12.8 Å². The molecule has 0 unspecified atom stereocenters. The molecule has 0 aromatic heterocycles. The number of nitrogens with zero attached hydrogens (tertiary/aromatic N) is 1. The zero-order chi connectivity index (χ0) is 17.6. The third kappa shape index (κ3) is 4.57. The third-order valence-electron chi connectivity index (χ3n) is 4.20. The molecule has 0 radical (unpaired) electrons. The standard InChI is InChI=1S/C19H22ClN3O2/c1-25-16-6-4-5-15(12-16)22-19(24)13-21-17-11-14(20)7-8-18(17)23-9-2-3-10-23/h4-8,11-12,21H,2-3,9-10,13H2,1H3,(H,22,24). The molecule has 2 aromatic carbocycles. The summed E-state index contributed by atoms with van der Waals surface area (Å²) in [5, 5.41) is 6.72. The summed E-state index contributed by atoms with van der Waals surface area (Å²) >= 11 is 6.13. The van der Waals surface area contributed by atoms with E-state index in [1.54, 1.807) is 13.2 Å². The maximum absolute atomic E-state index is 12.2. The fourth-order valence-electron chi connectivity index (χ4n) is 2.97. The van der Waals surface area contributed by atoms with E-state index in [1.807, 2.05) is 36.4 Å². The minimum Gasteiger partial charge on any atom is -0.497 e. The van der Waals surface area contributed by atoms with Gasteiger partial charge in [0.15, 0.2) is 0 Å².